The van der Waals surface area contributed by atoms with Crippen LogP contribution in [-0.4, -0.2) is 26.9 Å². The van der Waals surface area contributed by atoms with Gasteiger partial charge in [0.1, 0.15) is 0 Å². The molecule has 0 radical (unpaired) electrons. The van der Waals surface area contributed by atoms with E-state index in [9.17, 15) is 13.2 Å². The van der Waals surface area contributed by atoms with E-state index in [1.807, 2.05) is 0 Å². The van der Waals surface area contributed by atoms with Crippen molar-refractivity contribution in [2.75, 3.05) is 6.54 Å². The van der Waals surface area contributed by atoms with Gasteiger partial charge in [0, 0.05) is 11.6 Å². The number of hydrogen-bond acceptors (Lipinski definition) is 4. The van der Waals surface area contributed by atoms with Gasteiger partial charge >= 0.3 is 0 Å². The predicted octanol–water partition coefficient (Wildman–Crippen LogP) is 2.25. The molecule has 1 amide bonds. The van der Waals surface area contributed by atoms with E-state index in [0.717, 1.165) is 25.7 Å². The van der Waals surface area contributed by atoms with Gasteiger partial charge < -0.3 is 5.32 Å². The molecule has 7 heteroatoms. The first kappa shape index (κ1) is 18.4. The molecule has 0 bridgehead atoms. The third-order valence-corrected chi connectivity index (χ3v) is 5.81. The number of nitrogens with zero attached hydrogens (tertiary/aromatic N) is 1. The zero-order valence-corrected chi connectivity index (χ0v) is 14.7. The molecule has 0 spiro atoms. The molecule has 1 fully saturated rings. The summed E-state index contributed by atoms with van der Waals surface area (Å²) < 4.78 is 26.7. The summed E-state index contributed by atoms with van der Waals surface area (Å²) in [6.45, 7) is 1.36. The van der Waals surface area contributed by atoms with Gasteiger partial charge in [0.25, 0.3) is 5.91 Å². The fraction of sp³-hybridized carbons (Fsp3) is 0.529. The van der Waals surface area contributed by atoms with Crippen molar-refractivity contribution < 1.29 is 13.2 Å². The van der Waals surface area contributed by atoms with E-state index in [4.69, 9.17) is 5.26 Å². The van der Waals surface area contributed by atoms with Gasteiger partial charge in [-0.25, -0.2) is 8.42 Å². The Labute approximate surface area is 143 Å². The molecule has 1 aliphatic carbocycles. The second kappa shape index (κ2) is 8.27. The Hall–Kier alpha value is -1.91. The molecule has 1 aromatic carbocycles. The van der Waals surface area contributed by atoms with Crippen molar-refractivity contribution >= 4 is 15.9 Å². The summed E-state index contributed by atoms with van der Waals surface area (Å²) >= 11 is 0. The molecule has 0 aliphatic heterocycles. The lowest BCUT2D eigenvalue weighted by molar-refractivity contribution is 0.0933. The Bertz CT molecular complexity index is 730. The van der Waals surface area contributed by atoms with E-state index in [0.29, 0.717) is 11.1 Å². The first-order chi connectivity index (χ1) is 11.4. The van der Waals surface area contributed by atoms with Crippen LogP contribution in [-0.2, 0) is 10.0 Å². The zero-order valence-electron chi connectivity index (χ0n) is 13.8. The number of aryl methyl sites for hydroxylation is 1. The second-order valence-corrected chi connectivity index (χ2v) is 7.86. The maximum atomic E-state index is 12.5. The normalized spacial score (nSPS) is 16.2. The van der Waals surface area contributed by atoms with Gasteiger partial charge in [-0.15, -0.1) is 0 Å². The van der Waals surface area contributed by atoms with Gasteiger partial charge in [0.15, 0.2) is 0 Å². The van der Waals surface area contributed by atoms with Crippen molar-refractivity contribution in [3.8, 4) is 6.07 Å². The number of sulfonamides is 1. The van der Waals surface area contributed by atoms with E-state index >= 15 is 0 Å². The van der Waals surface area contributed by atoms with E-state index in [1.165, 1.54) is 18.9 Å². The Morgan fingerprint density at radius 2 is 1.92 bits per heavy atom. The molecule has 0 saturated heterocycles. The van der Waals surface area contributed by atoms with E-state index in [-0.39, 0.29) is 23.4 Å². The lowest BCUT2D eigenvalue weighted by Crippen LogP contribution is -2.34. The van der Waals surface area contributed by atoms with Crippen LogP contribution in [0.2, 0.25) is 0 Å². The van der Waals surface area contributed by atoms with Gasteiger partial charge in [-0.2, -0.15) is 9.98 Å². The molecule has 6 nitrogen and oxygen atoms in total. The molecule has 24 heavy (non-hydrogen) atoms. The largest absolute Gasteiger partial charge is 0.349 e. The third kappa shape index (κ3) is 4.79. The number of carbonyl (C=O) groups is 1. The third-order valence-electron chi connectivity index (χ3n) is 4.27. The predicted molar refractivity (Wildman–Crippen MR) is 90.9 cm³/mol. The molecule has 1 aromatic rings. The smallest absolute Gasteiger partial charge is 0.251 e. The Morgan fingerprint density at radius 3 is 2.54 bits per heavy atom. The van der Waals surface area contributed by atoms with Crippen LogP contribution in [0.5, 0.6) is 0 Å². The number of hydrogen-bond donors (Lipinski definition) is 2. The van der Waals surface area contributed by atoms with Crippen LogP contribution in [0.3, 0.4) is 0 Å². The van der Waals surface area contributed by atoms with Crippen molar-refractivity contribution in [1.29, 1.82) is 5.26 Å². The van der Waals surface area contributed by atoms with Gasteiger partial charge in [-0.3, -0.25) is 4.79 Å². The molecule has 2 rings (SSSR count). The molecular weight excluding hydrogens is 326 g/mol. The topological polar surface area (TPSA) is 99.1 Å². The van der Waals surface area contributed by atoms with Gasteiger partial charge in [0.05, 0.1) is 17.5 Å². The average Bonchev–Trinajstić information content (AvgIpc) is 2.81. The molecule has 0 aromatic heterocycles. The molecule has 1 aliphatic rings. The van der Waals surface area contributed by atoms with Crippen LogP contribution in [0.15, 0.2) is 23.1 Å². The van der Waals surface area contributed by atoms with E-state index < -0.39 is 10.0 Å². The Kier molecular flexibility index (Phi) is 6.35. The molecular formula is C17H23N3O3S. The number of nitriles is 1. The second-order valence-electron chi connectivity index (χ2n) is 6.12. The standard InChI is InChI=1S/C17H23N3O3S/c1-13-8-9-14(12-16(13)24(22,23)19-11-10-18)17(21)20-15-6-4-2-3-5-7-15/h8-9,12,15,19H,2-7,11H2,1H3,(H,20,21). The molecule has 0 heterocycles. The minimum atomic E-state index is -3.80. The van der Waals surface area contributed by atoms with Crippen LogP contribution in [0.1, 0.15) is 54.4 Å². The van der Waals surface area contributed by atoms with Crippen molar-refractivity contribution in [2.45, 2.75) is 56.4 Å². The Morgan fingerprint density at radius 1 is 1.25 bits per heavy atom. The van der Waals surface area contributed by atoms with Crippen LogP contribution >= 0.6 is 0 Å². The van der Waals surface area contributed by atoms with E-state index in [1.54, 1.807) is 25.1 Å². The maximum Gasteiger partial charge on any atom is 0.251 e. The fourth-order valence-electron chi connectivity index (χ4n) is 2.93. The summed E-state index contributed by atoms with van der Waals surface area (Å²) in [7, 11) is -3.80. The van der Waals surface area contributed by atoms with Gasteiger partial charge in [-0.1, -0.05) is 31.7 Å². The molecule has 0 unspecified atom stereocenters. The lowest BCUT2D eigenvalue weighted by atomic mass is 10.1. The maximum absolute atomic E-state index is 12.5. The van der Waals surface area contributed by atoms with Crippen LogP contribution in [0, 0.1) is 18.3 Å². The van der Waals surface area contributed by atoms with Gasteiger partial charge in [0.2, 0.25) is 10.0 Å². The summed E-state index contributed by atoms with van der Waals surface area (Å²) in [4.78, 5) is 12.5. The summed E-state index contributed by atoms with van der Waals surface area (Å²) in [5.41, 5.74) is 0.855. The van der Waals surface area contributed by atoms with E-state index in [2.05, 4.69) is 10.0 Å². The number of nitrogens with one attached hydrogen (secondary N) is 2. The molecule has 1 saturated carbocycles. The Balaban J connectivity index is 2.17. The minimum absolute atomic E-state index is 0.0336. The average molecular weight is 349 g/mol. The highest BCUT2D eigenvalue weighted by Gasteiger charge is 2.20. The fourth-order valence-corrected chi connectivity index (χ4v) is 4.11. The van der Waals surface area contributed by atoms with Crippen molar-refractivity contribution in [3.63, 3.8) is 0 Å². The highest BCUT2D eigenvalue weighted by Crippen LogP contribution is 2.20. The number of benzene rings is 1. The number of amides is 1. The summed E-state index contributed by atoms with van der Waals surface area (Å²) in [6.07, 6.45) is 6.54. The SMILES string of the molecule is Cc1ccc(C(=O)NC2CCCCCC2)cc1S(=O)(=O)NCC#N. The molecule has 130 valence electrons. The first-order valence-corrected chi connectivity index (χ1v) is 9.70. The summed E-state index contributed by atoms with van der Waals surface area (Å²) in [5, 5.41) is 11.6. The summed E-state index contributed by atoms with van der Waals surface area (Å²) in [6, 6.07) is 6.51. The van der Waals surface area contributed by atoms with Crippen molar-refractivity contribution in [1.82, 2.24) is 10.0 Å². The molecule has 0 atom stereocenters. The number of rotatable bonds is 5. The van der Waals surface area contributed by atoms with Gasteiger partial charge in [-0.05, 0) is 37.5 Å². The van der Waals surface area contributed by atoms with Crippen molar-refractivity contribution in [2.24, 2.45) is 0 Å². The molecule has 2 N–H and O–H groups in total. The first-order valence-electron chi connectivity index (χ1n) is 8.22. The van der Waals surface area contributed by atoms with Crippen molar-refractivity contribution in [3.05, 3.63) is 29.3 Å². The quantitative estimate of drug-likeness (QED) is 0.629. The monoisotopic (exact) mass is 349 g/mol. The lowest BCUT2D eigenvalue weighted by Gasteiger charge is -2.17. The number of carbonyl (C=O) groups excluding carboxylic acids is 1. The van der Waals surface area contributed by atoms with Crippen LogP contribution in [0.4, 0.5) is 0 Å². The highest BCUT2D eigenvalue weighted by atomic mass is 32.2. The van der Waals surface area contributed by atoms with Crippen LogP contribution < -0.4 is 10.0 Å². The zero-order chi connectivity index (χ0) is 17.6. The summed E-state index contributed by atoms with van der Waals surface area (Å²) in [5.74, 6) is -0.251. The highest BCUT2D eigenvalue weighted by molar-refractivity contribution is 7.89. The van der Waals surface area contributed by atoms with Crippen LogP contribution in [0.25, 0.3) is 0 Å². The minimum Gasteiger partial charge on any atom is -0.349 e.